The van der Waals surface area contributed by atoms with E-state index in [0.29, 0.717) is 5.15 Å². The van der Waals surface area contributed by atoms with Crippen LogP contribution in [0, 0.1) is 0 Å². The maximum atomic E-state index is 11.5. The minimum absolute atomic E-state index is 0.0405. The largest absolute Gasteiger partial charge is 0.343 e. The zero-order chi connectivity index (χ0) is 13.6. The van der Waals surface area contributed by atoms with Crippen molar-refractivity contribution >= 4 is 17.5 Å². The number of hydrogen-bond donors (Lipinski definition) is 0. The number of pyridine rings is 1. The van der Waals surface area contributed by atoms with Crippen molar-refractivity contribution in [2.75, 3.05) is 20.1 Å². The van der Waals surface area contributed by atoms with Crippen LogP contribution in [0.1, 0.15) is 31.0 Å². The monoisotopic (exact) mass is 279 g/mol. The van der Waals surface area contributed by atoms with Crippen LogP contribution in [0.2, 0.25) is 5.15 Å². The summed E-state index contributed by atoms with van der Waals surface area (Å²) in [6.45, 7) is 4.13. The van der Waals surface area contributed by atoms with Gasteiger partial charge in [0.1, 0.15) is 5.15 Å². The number of nitrogens with zero attached hydrogens (tertiary/aromatic N) is 3. The summed E-state index contributed by atoms with van der Waals surface area (Å²) >= 11 is 5.98. The van der Waals surface area contributed by atoms with Crippen molar-refractivity contribution in [3.8, 4) is 0 Å². The van der Waals surface area contributed by atoms with Crippen molar-refractivity contribution in [3.63, 3.8) is 0 Å². The lowest BCUT2D eigenvalue weighted by Gasteiger charge is -2.43. The van der Waals surface area contributed by atoms with Crippen LogP contribution in [-0.4, -0.2) is 40.8 Å². The molecular weight excluding hydrogens is 262 g/mol. The van der Waals surface area contributed by atoms with Crippen LogP contribution in [0.5, 0.6) is 0 Å². The third kappa shape index (κ3) is 1.94. The highest BCUT2D eigenvalue weighted by Crippen LogP contribution is 2.45. The molecule has 102 valence electrons. The molecule has 1 fully saturated rings. The fourth-order valence-electron chi connectivity index (χ4n) is 3.44. The second-order valence-electron chi connectivity index (χ2n) is 5.52. The fraction of sp³-hybridized carbons (Fsp3) is 0.571. The van der Waals surface area contributed by atoms with Crippen molar-refractivity contribution in [2.24, 2.45) is 0 Å². The van der Waals surface area contributed by atoms with Gasteiger partial charge in [0.2, 0.25) is 5.91 Å². The standard InChI is InChI=1S/C14H18ClN3O/c1-10(19)18-7-5-14(6-8-18)11-3-4-13(15)16-12(11)9-17(14)2/h3-4H,5-9H2,1-2H3. The number of likely N-dealkylation sites (tertiary alicyclic amines) is 1. The van der Waals surface area contributed by atoms with E-state index in [1.165, 1.54) is 5.56 Å². The number of fused-ring (bicyclic) bond motifs is 2. The number of aromatic nitrogens is 1. The highest BCUT2D eigenvalue weighted by atomic mass is 35.5. The Morgan fingerprint density at radius 3 is 2.68 bits per heavy atom. The summed E-state index contributed by atoms with van der Waals surface area (Å²) in [5, 5.41) is 0.561. The molecule has 1 aromatic heterocycles. The van der Waals surface area contributed by atoms with Crippen LogP contribution in [0.3, 0.4) is 0 Å². The van der Waals surface area contributed by atoms with Crippen LogP contribution in [-0.2, 0) is 16.9 Å². The molecule has 1 saturated heterocycles. The summed E-state index contributed by atoms with van der Waals surface area (Å²) in [6, 6.07) is 3.98. The van der Waals surface area contributed by atoms with Crippen LogP contribution < -0.4 is 0 Å². The van der Waals surface area contributed by atoms with Gasteiger partial charge in [0.15, 0.2) is 0 Å². The molecule has 2 aliphatic heterocycles. The number of amides is 1. The van der Waals surface area contributed by atoms with E-state index in [4.69, 9.17) is 11.6 Å². The molecule has 0 saturated carbocycles. The van der Waals surface area contributed by atoms with Crippen LogP contribution >= 0.6 is 11.6 Å². The lowest BCUT2D eigenvalue weighted by Crippen LogP contribution is -2.49. The van der Waals surface area contributed by atoms with Gasteiger partial charge in [-0.1, -0.05) is 17.7 Å². The van der Waals surface area contributed by atoms with Gasteiger partial charge in [0.05, 0.1) is 11.2 Å². The first-order valence-corrected chi connectivity index (χ1v) is 7.03. The topological polar surface area (TPSA) is 36.4 Å². The van der Waals surface area contributed by atoms with E-state index in [0.717, 1.165) is 38.2 Å². The maximum absolute atomic E-state index is 11.5. The van der Waals surface area contributed by atoms with Gasteiger partial charge in [-0.3, -0.25) is 9.69 Å². The number of hydrogen-bond acceptors (Lipinski definition) is 3. The Morgan fingerprint density at radius 2 is 2.05 bits per heavy atom. The summed E-state index contributed by atoms with van der Waals surface area (Å²) < 4.78 is 0. The van der Waals surface area contributed by atoms with Gasteiger partial charge in [0, 0.05) is 26.6 Å². The first-order valence-electron chi connectivity index (χ1n) is 6.65. The van der Waals surface area contributed by atoms with Crippen LogP contribution in [0.4, 0.5) is 0 Å². The molecule has 4 nitrogen and oxygen atoms in total. The van der Waals surface area contributed by atoms with E-state index in [1.807, 2.05) is 11.0 Å². The maximum Gasteiger partial charge on any atom is 0.219 e. The Bertz CT molecular complexity index is 523. The number of halogens is 1. The minimum Gasteiger partial charge on any atom is -0.343 e. The van der Waals surface area contributed by atoms with Gasteiger partial charge in [-0.05, 0) is 31.5 Å². The lowest BCUT2D eigenvalue weighted by atomic mass is 9.82. The van der Waals surface area contributed by atoms with Crippen molar-refractivity contribution in [2.45, 2.75) is 31.8 Å². The highest BCUT2D eigenvalue weighted by Gasteiger charge is 2.46. The van der Waals surface area contributed by atoms with E-state index in [9.17, 15) is 4.79 Å². The average Bonchev–Trinajstić information content (AvgIpc) is 2.62. The number of carbonyl (C=O) groups is 1. The Balaban J connectivity index is 1.92. The van der Waals surface area contributed by atoms with Crippen LogP contribution in [0.25, 0.3) is 0 Å². The predicted molar refractivity (Wildman–Crippen MR) is 73.9 cm³/mol. The van der Waals surface area contributed by atoms with E-state index in [1.54, 1.807) is 6.92 Å². The zero-order valence-electron chi connectivity index (χ0n) is 11.3. The van der Waals surface area contributed by atoms with Gasteiger partial charge in [-0.2, -0.15) is 0 Å². The molecule has 1 aromatic rings. The molecule has 0 unspecified atom stereocenters. The quantitative estimate of drug-likeness (QED) is 0.682. The molecular formula is C14H18ClN3O. The van der Waals surface area contributed by atoms with Crippen molar-refractivity contribution in [1.29, 1.82) is 0 Å². The number of rotatable bonds is 0. The van der Waals surface area contributed by atoms with E-state index >= 15 is 0 Å². The third-order valence-electron chi connectivity index (χ3n) is 4.60. The first kappa shape index (κ1) is 12.9. The molecule has 3 rings (SSSR count). The molecule has 19 heavy (non-hydrogen) atoms. The van der Waals surface area contributed by atoms with Crippen molar-refractivity contribution in [1.82, 2.24) is 14.8 Å². The molecule has 1 spiro atoms. The lowest BCUT2D eigenvalue weighted by molar-refractivity contribution is -0.131. The van der Waals surface area contributed by atoms with E-state index < -0.39 is 0 Å². The van der Waals surface area contributed by atoms with Crippen molar-refractivity contribution < 1.29 is 4.79 Å². The Hall–Kier alpha value is -1.13. The zero-order valence-corrected chi connectivity index (χ0v) is 12.1. The van der Waals surface area contributed by atoms with Gasteiger partial charge < -0.3 is 4.90 Å². The first-order chi connectivity index (χ1) is 9.03. The molecule has 0 bridgehead atoms. The van der Waals surface area contributed by atoms with Gasteiger partial charge in [0.25, 0.3) is 0 Å². The van der Waals surface area contributed by atoms with Crippen molar-refractivity contribution in [3.05, 3.63) is 28.5 Å². The Kier molecular flexibility index (Phi) is 3.02. The van der Waals surface area contributed by atoms with Gasteiger partial charge in [-0.15, -0.1) is 0 Å². The minimum atomic E-state index is 0.0405. The Morgan fingerprint density at radius 1 is 1.37 bits per heavy atom. The third-order valence-corrected chi connectivity index (χ3v) is 4.81. The normalized spacial score (nSPS) is 21.7. The summed E-state index contributed by atoms with van der Waals surface area (Å²) in [7, 11) is 2.14. The van der Waals surface area contributed by atoms with Gasteiger partial charge in [-0.25, -0.2) is 4.98 Å². The molecule has 2 aliphatic rings. The van der Waals surface area contributed by atoms with E-state index in [-0.39, 0.29) is 11.4 Å². The summed E-state index contributed by atoms with van der Waals surface area (Å²) in [4.78, 5) is 20.2. The highest BCUT2D eigenvalue weighted by molar-refractivity contribution is 6.29. The Labute approximate surface area is 118 Å². The molecule has 0 aromatic carbocycles. The summed E-state index contributed by atoms with van der Waals surface area (Å²) in [5.74, 6) is 0.171. The molecule has 0 N–H and O–H groups in total. The number of carbonyl (C=O) groups excluding carboxylic acids is 1. The second-order valence-corrected chi connectivity index (χ2v) is 5.91. The predicted octanol–water partition coefficient (Wildman–Crippen LogP) is 2.02. The fourth-order valence-corrected chi connectivity index (χ4v) is 3.61. The van der Waals surface area contributed by atoms with E-state index in [2.05, 4.69) is 23.0 Å². The molecule has 1 amide bonds. The SMILES string of the molecule is CC(=O)N1CCC2(CC1)c1ccc(Cl)nc1CN2C. The molecule has 0 atom stereocenters. The molecule has 0 radical (unpaired) electrons. The van der Waals surface area contributed by atoms with Gasteiger partial charge >= 0.3 is 0 Å². The smallest absolute Gasteiger partial charge is 0.219 e. The molecule has 0 aliphatic carbocycles. The molecule has 5 heteroatoms. The summed E-state index contributed by atoms with van der Waals surface area (Å²) in [6.07, 6.45) is 1.94. The molecule has 3 heterocycles. The number of piperidine rings is 1. The average molecular weight is 280 g/mol. The van der Waals surface area contributed by atoms with Crippen LogP contribution in [0.15, 0.2) is 12.1 Å². The summed E-state index contributed by atoms with van der Waals surface area (Å²) in [5.41, 5.74) is 2.42. The second kappa shape index (κ2) is 4.46.